The fraction of sp³-hybridized carbons (Fsp3) is 0.611. The number of ether oxygens (including phenoxy) is 1. The van der Waals surface area contributed by atoms with Crippen LogP contribution in [0, 0.1) is 11.3 Å². The molecule has 0 radical (unpaired) electrons. The highest BCUT2D eigenvalue weighted by atomic mass is 16.5. The van der Waals surface area contributed by atoms with Crippen LogP contribution in [0.1, 0.15) is 52.0 Å². The Kier molecular flexibility index (Phi) is 4.92. The van der Waals surface area contributed by atoms with Gasteiger partial charge in [0, 0.05) is 12.1 Å². The SMILES string of the molecule is CC1CC(OC(=O)CCc2ccc(N)cc2)CC(C)(C)C1. The molecule has 1 aromatic carbocycles. The van der Waals surface area contributed by atoms with E-state index in [1.54, 1.807) is 0 Å². The van der Waals surface area contributed by atoms with Crippen LogP contribution >= 0.6 is 0 Å². The van der Waals surface area contributed by atoms with Crippen molar-refractivity contribution >= 4 is 11.7 Å². The third-order valence-corrected chi connectivity index (χ3v) is 4.24. The van der Waals surface area contributed by atoms with E-state index in [0.717, 1.165) is 24.1 Å². The lowest BCUT2D eigenvalue weighted by Gasteiger charge is -2.38. The zero-order valence-corrected chi connectivity index (χ0v) is 13.4. The van der Waals surface area contributed by atoms with E-state index in [-0.39, 0.29) is 17.5 Å². The Morgan fingerprint density at radius 2 is 1.95 bits per heavy atom. The highest BCUT2D eigenvalue weighted by Crippen LogP contribution is 2.39. The van der Waals surface area contributed by atoms with Gasteiger partial charge in [0.1, 0.15) is 6.10 Å². The van der Waals surface area contributed by atoms with E-state index >= 15 is 0 Å². The number of esters is 1. The molecule has 2 atom stereocenters. The van der Waals surface area contributed by atoms with Crippen LogP contribution in [0.5, 0.6) is 0 Å². The van der Waals surface area contributed by atoms with E-state index in [4.69, 9.17) is 10.5 Å². The van der Waals surface area contributed by atoms with Crippen LogP contribution in [-0.4, -0.2) is 12.1 Å². The molecule has 1 aliphatic carbocycles. The second-order valence-electron chi connectivity index (χ2n) is 7.27. The average molecular weight is 289 g/mol. The second-order valence-corrected chi connectivity index (χ2v) is 7.27. The minimum atomic E-state index is -0.0817. The van der Waals surface area contributed by atoms with Crippen molar-refractivity contribution in [1.29, 1.82) is 0 Å². The predicted octanol–water partition coefficient (Wildman–Crippen LogP) is 3.96. The van der Waals surface area contributed by atoms with E-state index < -0.39 is 0 Å². The van der Waals surface area contributed by atoms with Gasteiger partial charge < -0.3 is 10.5 Å². The highest BCUT2D eigenvalue weighted by molar-refractivity contribution is 5.70. The molecule has 0 bridgehead atoms. The molecule has 116 valence electrons. The number of nitrogens with two attached hydrogens (primary N) is 1. The lowest BCUT2D eigenvalue weighted by atomic mass is 9.71. The number of aryl methyl sites for hydroxylation is 1. The third kappa shape index (κ3) is 5.07. The van der Waals surface area contributed by atoms with E-state index in [1.807, 2.05) is 24.3 Å². The number of benzene rings is 1. The van der Waals surface area contributed by atoms with Crippen molar-refractivity contribution in [3.8, 4) is 0 Å². The standard InChI is InChI=1S/C18H27NO2/c1-13-10-16(12-18(2,3)11-13)21-17(20)9-6-14-4-7-15(19)8-5-14/h4-5,7-8,13,16H,6,9-12,19H2,1-3H3. The molecule has 2 N–H and O–H groups in total. The molecule has 0 aliphatic heterocycles. The molecule has 1 aliphatic rings. The van der Waals surface area contributed by atoms with E-state index in [1.165, 1.54) is 6.42 Å². The number of hydrogen-bond acceptors (Lipinski definition) is 3. The van der Waals surface area contributed by atoms with Crippen molar-refractivity contribution in [3.63, 3.8) is 0 Å². The summed E-state index contributed by atoms with van der Waals surface area (Å²) in [4.78, 5) is 12.0. The summed E-state index contributed by atoms with van der Waals surface area (Å²) in [6, 6.07) is 7.67. The van der Waals surface area contributed by atoms with Crippen LogP contribution in [0.2, 0.25) is 0 Å². The predicted molar refractivity (Wildman–Crippen MR) is 85.9 cm³/mol. The molecular formula is C18H27NO2. The first-order valence-electron chi connectivity index (χ1n) is 7.88. The van der Waals surface area contributed by atoms with Crippen molar-refractivity contribution < 1.29 is 9.53 Å². The summed E-state index contributed by atoms with van der Waals surface area (Å²) in [5.41, 5.74) is 7.80. The first-order valence-corrected chi connectivity index (χ1v) is 7.88. The summed E-state index contributed by atoms with van der Waals surface area (Å²) in [6.45, 7) is 6.77. The molecule has 2 unspecified atom stereocenters. The van der Waals surface area contributed by atoms with Gasteiger partial charge in [0.2, 0.25) is 0 Å². The minimum absolute atomic E-state index is 0.0817. The van der Waals surface area contributed by atoms with Gasteiger partial charge in [-0.1, -0.05) is 32.9 Å². The molecule has 0 aromatic heterocycles. The van der Waals surface area contributed by atoms with Gasteiger partial charge in [0.05, 0.1) is 0 Å². The number of anilines is 1. The summed E-state index contributed by atoms with van der Waals surface area (Å²) < 4.78 is 5.68. The molecule has 21 heavy (non-hydrogen) atoms. The largest absolute Gasteiger partial charge is 0.462 e. The first-order chi connectivity index (χ1) is 9.84. The molecule has 0 saturated heterocycles. The molecular weight excluding hydrogens is 262 g/mol. The van der Waals surface area contributed by atoms with Gasteiger partial charge in [-0.15, -0.1) is 0 Å². The van der Waals surface area contributed by atoms with Crippen LogP contribution in [0.25, 0.3) is 0 Å². The van der Waals surface area contributed by atoms with Crippen molar-refractivity contribution in [1.82, 2.24) is 0 Å². The fourth-order valence-electron chi connectivity index (χ4n) is 3.52. The van der Waals surface area contributed by atoms with Gasteiger partial charge >= 0.3 is 5.97 Å². The molecule has 2 rings (SSSR count). The molecule has 3 heteroatoms. The van der Waals surface area contributed by atoms with E-state index in [2.05, 4.69) is 20.8 Å². The Balaban J connectivity index is 1.80. The summed E-state index contributed by atoms with van der Waals surface area (Å²) in [5, 5.41) is 0. The molecule has 1 aromatic rings. The van der Waals surface area contributed by atoms with Gasteiger partial charge in [-0.25, -0.2) is 0 Å². The Morgan fingerprint density at radius 3 is 2.57 bits per heavy atom. The molecule has 1 saturated carbocycles. The molecule has 3 nitrogen and oxygen atoms in total. The monoisotopic (exact) mass is 289 g/mol. The van der Waals surface area contributed by atoms with E-state index in [9.17, 15) is 4.79 Å². The van der Waals surface area contributed by atoms with Gasteiger partial charge in [-0.3, -0.25) is 4.79 Å². The summed E-state index contributed by atoms with van der Waals surface area (Å²) in [7, 11) is 0. The molecule has 1 fully saturated rings. The summed E-state index contributed by atoms with van der Waals surface area (Å²) in [5.74, 6) is 0.547. The van der Waals surface area contributed by atoms with Gasteiger partial charge in [-0.05, 0) is 54.7 Å². The summed E-state index contributed by atoms with van der Waals surface area (Å²) >= 11 is 0. The van der Waals surface area contributed by atoms with Crippen LogP contribution in [-0.2, 0) is 16.0 Å². The van der Waals surface area contributed by atoms with E-state index in [0.29, 0.717) is 18.8 Å². The maximum atomic E-state index is 12.0. The number of carbonyl (C=O) groups is 1. The van der Waals surface area contributed by atoms with Crippen LogP contribution in [0.15, 0.2) is 24.3 Å². The normalized spacial score (nSPS) is 24.5. The number of hydrogen-bond donors (Lipinski definition) is 1. The van der Waals surface area contributed by atoms with Crippen molar-refractivity contribution in [3.05, 3.63) is 29.8 Å². The highest BCUT2D eigenvalue weighted by Gasteiger charge is 2.33. The maximum absolute atomic E-state index is 12.0. The van der Waals surface area contributed by atoms with Crippen molar-refractivity contribution in [2.45, 2.75) is 59.0 Å². The second kappa shape index (κ2) is 6.50. The Bertz CT molecular complexity index is 478. The lowest BCUT2D eigenvalue weighted by molar-refractivity contribution is -0.153. The van der Waals surface area contributed by atoms with Crippen LogP contribution in [0.3, 0.4) is 0 Å². The van der Waals surface area contributed by atoms with Crippen LogP contribution < -0.4 is 5.73 Å². The van der Waals surface area contributed by atoms with Crippen LogP contribution in [0.4, 0.5) is 5.69 Å². The average Bonchev–Trinajstić information content (AvgIpc) is 2.35. The maximum Gasteiger partial charge on any atom is 0.306 e. The molecule has 0 amide bonds. The summed E-state index contributed by atoms with van der Waals surface area (Å²) in [6.07, 6.45) is 4.43. The van der Waals surface area contributed by atoms with Crippen molar-refractivity contribution in [2.24, 2.45) is 11.3 Å². The van der Waals surface area contributed by atoms with Gasteiger partial charge in [-0.2, -0.15) is 0 Å². The van der Waals surface area contributed by atoms with Crippen molar-refractivity contribution in [2.75, 3.05) is 5.73 Å². The first kappa shape index (κ1) is 15.9. The quantitative estimate of drug-likeness (QED) is 0.674. The van der Waals surface area contributed by atoms with Gasteiger partial charge in [0.15, 0.2) is 0 Å². The number of nitrogen functional groups attached to an aromatic ring is 1. The zero-order chi connectivity index (χ0) is 15.5. The van der Waals surface area contributed by atoms with Gasteiger partial charge in [0.25, 0.3) is 0 Å². The number of carbonyl (C=O) groups excluding carboxylic acids is 1. The number of rotatable bonds is 4. The topological polar surface area (TPSA) is 52.3 Å². The molecule has 0 heterocycles. The smallest absolute Gasteiger partial charge is 0.306 e. The lowest BCUT2D eigenvalue weighted by Crippen LogP contribution is -2.34. The zero-order valence-electron chi connectivity index (χ0n) is 13.4. The Morgan fingerprint density at radius 1 is 1.29 bits per heavy atom. The fourth-order valence-corrected chi connectivity index (χ4v) is 3.52. The Labute approximate surface area is 127 Å². The third-order valence-electron chi connectivity index (χ3n) is 4.24. The molecule has 0 spiro atoms. The Hall–Kier alpha value is -1.51. The minimum Gasteiger partial charge on any atom is -0.462 e.